The van der Waals surface area contributed by atoms with Crippen molar-refractivity contribution in [1.82, 2.24) is 14.5 Å². The molecule has 20 heavy (non-hydrogen) atoms. The Kier molecular flexibility index (Phi) is 4.71. The SMILES string of the molecule is CCS(=O)(=O)N1CCCC(C(=O)Nc2nnc(C)s2)C1. The van der Waals surface area contributed by atoms with Crippen LogP contribution in [0.25, 0.3) is 0 Å². The van der Waals surface area contributed by atoms with Crippen molar-refractivity contribution in [1.29, 1.82) is 0 Å². The van der Waals surface area contributed by atoms with Crippen molar-refractivity contribution in [3.05, 3.63) is 5.01 Å². The van der Waals surface area contributed by atoms with Crippen LogP contribution in [0.4, 0.5) is 5.13 Å². The van der Waals surface area contributed by atoms with E-state index in [2.05, 4.69) is 15.5 Å². The van der Waals surface area contributed by atoms with Gasteiger partial charge in [0, 0.05) is 13.1 Å². The lowest BCUT2D eigenvalue weighted by Gasteiger charge is -2.30. The van der Waals surface area contributed by atoms with Crippen LogP contribution in [0.2, 0.25) is 0 Å². The Labute approximate surface area is 122 Å². The summed E-state index contributed by atoms with van der Waals surface area (Å²) in [6.07, 6.45) is 1.39. The molecule has 1 N–H and O–H groups in total. The molecule has 1 unspecified atom stereocenters. The zero-order valence-electron chi connectivity index (χ0n) is 11.5. The number of piperidine rings is 1. The van der Waals surface area contributed by atoms with E-state index < -0.39 is 10.0 Å². The van der Waals surface area contributed by atoms with Crippen molar-refractivity contribution in [3.63, 3.8) is 0 Å². The number of aromatic nitrogens is 2. The van der Waals surface area contributed by atoms with Crippen LogP contribution in [0.1, 0.15) is 24.8 Å². The highest BCUT2D eigenvalue weighted by Crippen LogP contribution is 2.22. The van der Waals surface area contributed by atoms with Gasteiger partial charge >= 0.3 is 0 Å². The van der Waals surface area contributed by atoms with Crippen LogP contribution in [0.5, 0.6) is 0 Å². The first-order valence-corrected chi connectivity index (χ1v) is 8.93. The topological polar surface area (TPSA) is 92.3 Å². The third-order valence-corrected chi connectivity index (χ3v) is 5.87. The number of carbonyl (C=O) groups excluding carboxylic acids is 1. The summed E-state index contributed by atoms with van der Waals surface area (Å²) in [5.41, 5.74) is 0. The Hall–Kier alpha value is -1.06. The van der Waals surface area contributed by atoms with Gasteiger partial charge in [-0.2, -0.15) is 0 Å². The number of carbonyl (C=O) groups is 1. The first kappa shape index (κ1) is 15.3. The molecule has 0 spiro atoms. The number of hydrogen-bond acceptors (Lipinski definition) is 6. The number of rotatable bonds is 4. The molecule has 2 rings (SSSR count). The standard InChI is InChI=1S/C11H18N4O3S2/c1-3-20(17,18)15-6-4-5-9(7-15)10(16)12-11-14-13-8(2)19-11/h9H,3-7H2,1-2H3,(H,12,14,16). The molecule has 1 amide bonds. The number of sulfonamides is 1. The number of amides is 1. The van der Waals surface area contributed by atoms with Gasteiger partial charge in [-0.05, 0) is 26.7 Å². The maximum absolute atomic E-state index is 12.1. The normalized spacial score (nSPS) is 20.8. The summed E-state index contributed by atoms with van der Waals surface area (Å²) in [5.74, 6) is -0.442. The smallest absolute Gasteiger partial charge is 0.230 e. The Bertz CT molecular complexity index is 584. The van der Waals surface area contributed by atoms with Crippen LogP contribution in [0, 0.1) is 12.8 Å². The summed E-state index contributed by atoms with van der Waals surface area (Å²) in [6.45, 7) is 4.17. The van der Waals surface area contributed by atoms with E-state index in [0.717, 1.165) is 5.01 Å². The number of nitrogens with one attached hydrogen (secondary N) is 1. The molecule has 1 saturated heterocycles. The highest BCUT2D eigenvalue weighted by Gasteiger charge is 2.31. The molecule has 1 fully saturated rings. The number of aryl methyl sites for hydroxylation is 1. The van der Waals surface area contributed by atoms with Crippen LogP contribution < -0.4 is 5.32 Å². The molecule has 1 atom stereocenters. The zero-order valence-corrected chi connectivity index (χ0v) is 13.1. The predicted octanol–water partition coefficient (Wildman–Crippen LogP) is 0.847. The summed E-state index contributed by atoms with van der Waals surface area (Å²) in [6, 6.07) is 0. The molecule has 7 nitrogen and oxygen atoms in total. The van der Waals surface area contributed by atoms with Crippen molar-refractivity contribution in [2.24, 2.45) is 5.92 Å². The van der Waals surface area contributed by atoms with Crippen molar-refractivity contribution >= 4 is 32.4 Å². The van der Waals surface area contributed by atoms with Crippen LogP contribution in [-0.2, 0) is 14.8 Å². The maximum Gasteiger partial charge on any atom is 0.230 e. The molecule has 1 aliphatic heterocycles. The van der Waals surface area contributed by atoms with Crippen LogP contribution in [0.3, 0.4) is 0 Å². The minimum atomic E-state index is -3.23. The second kappa shape index (κ2) is 6.15. The minimum absolute atomic E-state index is 0.0664. The molecule has 112 valence electrons. The third-order valence-electron chi connectivity index (χ3n) is 3.27. The van der Waals surface area contributed by atoms with E-state index >= 15 is 0 Å². The second-order valence-electron chi connectivity index (χ2n) is 4.71. The highest BCUT2D eigenvalue weighted by atomic mass is 32.2. The second-order valence-corrected chi connectivity index (χ2v) is 8.15. The molecule has 1 aromatic heterocycles. The maximum atomic E-state index is 12.1. The van der Waals surface area contributed by atoms with E-state index in [-0.39, 0.29) is 24.1 Å². The molecule has 0 aliphatic carbocycles. The van der Waals surface area contributed by atoms with Crippen LogP contribution >= 0.6 is 11.3 Å². The van der Waals surface area contributed by atoms with Gasteiger partial charge in [0.2, 0.25) is 21.1 Å². The average Bonchev–Trinajstić information content (AvgIpc) is 2.84. The van der Waals surface area contributed by atoms with Crippen molar-refractivity contribution in [2.45, 2.75) is 26.7 Å². The fourth-order valence-corrected chi connectivity index (χ4v) is 3.92. The summed E-state index contributed by atoms with van der Waals surface area (Å²) >= 11 is 1.30. The number of hydrogen-bond donors (Lipinski definition) is 1. The Morgan fingerprint density at radius 1 is 1.50 bits per heavy atom. The first-order valence-electron chi connectivity index (χ1n) is 6.51. The first-order chi connectivity index (χ1) is 9.42. The number of nitrogens with zero attached hydrogens (tertiary/aromatic N) is 3. The predicted molar refractivity (Wildman–Crippen MR) is 77.0 cm³/mol. The minimum Gasteiger partial charge on any atom is -0.300 e. The van der Waals surface area contributed by atoms with Gasteiger partial charge in [-0.25, -0.2) is 12.7 Å². The molecular formula is C11H18N4O3S2. The number of anilines is 1. The summed E-state index contributed by atoms with van der Waals surface area (Å²) < 4.78 is 25.1. The molecule has 1 aromatic rings. The van der Waals surface area contributed by atoms with Gasteiger partial charge in [-0.15, -0.1) is 10.2 Å². The largest absolute Gasteiger partial charge is 0.300 e. The van der Waals surface area contributed by atoms with E-state index in [9.17, 15) is 13.2 Å². The lowest BCUT2D eigenvalue weighted by Crippen LogP contribution is -2.44. The zero-order chi connectivity index (χ0) is 14.8. The molecule has 0 aromatic carbocycles. The van der Waals surface area contributed by atoms with E-state index in [1.165, 1.54) is 15.6 Å². The van der Waals surface area contributed by atoms with Crippen LogP contribution in [0.15, 0.2) is 0 Å². The highest BCUT2D eigenvalue weighted by molar-refractivity contribution is 7.89. The van der Waals surface area contributed by atoms with Gasteiger partial charge in [0.05, 0.1) is 11.7 Å². The molecule has 0 bridgehead atoms. The van der Waals surface area contributed by atoms with Crippen molar-refractivity contribution in [2.75, 3.05) is 24.2 Å². The Morgan fingerprint density at radius 2 is 2.25 bits per heavy atom. The van der Waals surface area contributed by atoms with Gasteiger partial charge < -0.3 is 5.32 Å². The van der Waals surface area contributed by atoms with Gasteiger partial charge in [0.1, 0.15) is 5.01 Å². The molecular weight excluding hydrogens is 300 g/mol. The Balaban J connectivity index is 2.00. The van der Waals surface area contributed by atoms with E-state index in [0.29, 0.717) is 24.5 Å². The quantitative estimate of drug-likeness (QED) is 0.888. The third kappa shape index (κ3) is 3.53. The van der Waals surface area contributed by atoms with E-state index in [1.807, 2.05) is 6.92 Å². The molecule has 9 heteroatoms. The lowest BCUT2D eigenvalue weighted by atomic mass is 9.99. The molecule has 2 heterocycles. The summed E-state index contributed by atoms with van der Waals surface area (Å²) in [4.78, 5) is 12.1. The van der Waals surface area contributed by atoms with Gasteiger partial charge in [0.25, 0.3) is 0 Å². The summed E-state index contributed by atoms with van der Waals surface area (Å²) in [7, 11) is -3.23. The van der Waals surface area contributed by atoms with Crippen LogP contribution in [-0.4, -0.2) is 47.7 Å². The van der Waals surface area contributed by atoms with Gasteiger partial charge in [-0.1, -0.05) is 11.3 Å². The fourth-order valence-electron chi connectivity index (χ4n) is 2.15. The lowest BCUT2D eigenvalue weighted by molar-refractivity contribution is -0.120. The van der Waals surface area contributed by atoms with Crippen molar-refractivity contribution < 1.29 is 13.2 Å². The van der Waals surface area contributed by atoms with Gasteiger partial charge in [-0.3, -0.25) is 4.79 Å². The fraction of sp³-hybridized carbons (Fsp3) is 0.727. The molecule has 1 aliphatic rings. The van der Waals surface area contributed by atoms with E-state index in [1.54, 1.807) is 6.92 Å². The van der Waals surface area contributed by atoms with Crippen molar-refractivity contribution in [3.8, 4) is 0 Å². The summed E-state index contributed by atoms with van der Waals surface area (Å²) in [5, 5.41) is 11.6. The Morgan fingerprint density at radius 3 is 2.85 bits per heavy atom. The van der Waals surface area contributed by atoms with Gasteiger partial charge in [0.15, 0.2) is 0 Å². The average molecular weight is 318 g/mol. The molecule has 0 saturated carbocycles. The van der Waals surface area contributed by atoms with E-state index in [4.69, 9.17) is 0 Å². The molecule has 0 radical (unpaired) electrons. The monoisotopic (exact) mass is 318 g/mol.